The Hall–Kier alpha value is -0.940. The van der Waals surface area contributed by atoms with Crippen LogP contribution in [-0.4, -0.2) is 7.11 Å². The first-order valence-corrected chi connectivity index (χ1v) is 4.90. The molecule has 0 fully saturated rings. The molecule has 0 heterocycles. The topological polar surface area (TPSA) is 35.2 Å². The first-order chi connectivity index (χ1) is 7.40. The van der Waals surface area contributed by atoms with E-state index in [-0.39, 0.29) is 24.2 Å². The standard InChI is InChI=1S/C11H14F3NO.ClH/c1-3-9(15)8-5-4-7(11(12,13)14)6-10(8)16-2;/h4-6,9H,3,15H2,1-2H3;1H/t9-;/m0./s1. The minimum atomic E-state index is -4.36. The first kappa shape index (κ1) is 16.1. The molecule has 0 amide bonds. The Labute approximate surface area is 104 Å². The third-order valence-electron chi connectivity index (χ3n) is 2.40. The van der Waals surface area contributed by atoms with E-state index >= 15 is 0 Å². The lowest BCUT2D eigenvalue weighted by molar-refractivity contribution is -0.137. The van der Waals surface area contributed by atoms with Crippen LogP contribution in [-0.2, 0) is 6.18 Å². The zero-order valence-electron chi connectivity index (χ0n) is 9.54. The van der Waals surface area contributed by atoms with Gasteiger partial charge in [0.05, 0.1) is 12.7 Å². The summed E-state index contributed by atoms with van der Waals surface area (Å²) in [5, 5.41) is 0. The summed E-state index contributed by atoms with van der Waals surface area (Å²) in [7, 11) is 1.33. The summed E-state index contributed by atoms with van der Waals surface area (Å²) in [5.74, 6) is 0.184. The average Bonchev–Trinajstić information content (AvgIpc) is 2.26. The van der Waals surface area contributed by atoms with Crippen molar-refractivity contribution in [2.24, 2.45) is 5.73 Å². The van der Waals surface area contributed by atoms with Gasteiger partial charge in [-0.15, -0.1) is 12.4 Å². The van der Waals surface area contributed by atoms with Crippen LogP contribution in [0.2, 0.25) is 0 Å². The quantitative estimate of drug-likeness (QED) is 0.911. The lowest BCUT2D eigenvalue weighted by atomic mass is 10.0. The lowest BCUT2D eigenvalue weighted by Gasteiger charge is -2.16. The molecule has 0 aliphatic rings. The van der Waals surface area contributed by atoms with Gasteiger partial charge < -0.3 is 10.5 Å². The minimum Gasteiger partial charge on any atom is -0.496 e. The van der Waals surface area contributed by atoms with Crippen molar-refractivity contribution in [1.82, 2.24) is 0 Å². The van der Waals surface area contributed by atoms with E-state index in [1.165, 1.54) is 13.2 Å². The maximum atomic E-state index is 12.4. The van der Waals surface area contributed by atoms with Crippen LogP contribution in [0, 0.1) is 0 Å². The SMILES string of the molecule is CC[C@H](N)c1ccc(C(F)(F)F)cc1OC.Cl. The van der Waals surface area contributed by atoms with E-state index in [0.717, 1.165) is 12.1 Å². The van der Waals surface area contributed by atoms with Crippen LogP contribution in [0.4, 0.5) is 13.2 Å². The number of nitrogens with two attached hydrogens (primary N) is 1. The van der Waals surface area contributed by atoms with Gasteiger partial charge in [-0.2, -0.15) is 13.2 Å². The number of ether oxygens (including phenoxy) is 1. The monoisotopic (exact) mass is 269 g/mol. The number of hydrogen-bond donors (Lipinski definition) is 1. The Bertz CT molecular complexity index is 368. The molecule has 0 aliphatic heterocycles. The van der Waals surface area contributed by atoms with Crippen LogP contribution in [0.15, 0.2) is 18.2 Å². The predicted octanol–water partition coefficient (Wildman–Crippen LogP) is 3.55. The highest BCUT2D eigenvalue weighted by molar-refractivity contribution is 5.85. The maximum absolute atomic E-state index is 12.4. The fourth-order valence-corrected chi connectivity index (χ4v) is 1.41. The van der Waals surface area contributed by atoms with Crippen molar-refractivity contribution in [2.45, 2.75) is 25.6 Å². The van der Waals surface area contributed by atoms with Crippen molar-refractivity contribution in [3.63, 3.8) is 0 Å². The second-order valence-electron chi connectivity index (χ2n) is 3.47. The smallest absolute Gasteiger partial charge is 0.416 e. The highest BCUT2D eigenvalue weighted by Crippen LogP contribution is 2.34. The van der Waals surface area contributed by atoms with E-state index in [1.807, 2.05) is 6.92 Å². The summed E-state index contributed by atoms with van der Waals surface area (Å²) < 4.78 is 42.2. The molecule has 1 atom stereocenters. The van der Waals surface area contributed by atoms with Crippen molar-refractivity contribution in [3.05, 3.63) is 29.3 Å². The van der Waals surface area contributed by atoms with E-state index in [0.29, 0.717) is 12.0 Å². The molecule has 0 saturated heterocycles. The van der Waals surface area contributed by atoms with E-state index in [2.05, 4.69) is 0 Å². The van der Waals surface area contributed by atoms with Crippen LogP contribution in [0.3, 0.4) is 0 Å². The molecule has 0 saturated carbocycles. The molecular weight excluding hydrogens is 255 g/mol. The summed E-state index contributed by atoms with van der Waals surface area (Å²) in [6.07, 6.45) is -3.72. The molecule has 0 bridgehead atoms. The lowest BCUT2D eigenvalue weighted by Crippen LogP contribution is -2.12. The molecule has 6 heteroatoms. The van der Waals surface area contributed by atoms with Crippen molar-refractivity contribution < 1.29 is 17.9 Å². The molecule has 1 aromatic rings. The Morgan fingerprint density at radius 1 is 1.35 bits per heavy atom. The van der Waals surface area contributed by atoms with Gasteiger partial charge in [-0.05, 0) is 18.6 Å². The van der Waals surface area contributed by atoms with Crippen molar-refractivity contribution >= 4 is 12.4 Å². The van der Waals surface area contributed by atoms with Gasteiger partial charge in [-0.25, -0.2) is 0 Å². The third kappa shape index (κ3) is 3.78. The predicted molar refractivity (Wildman–Crippen MR) is 62.5 cm³/mol. The van der Waals surface area contributed by atoms with Gasteiger partial charge in [0.15, 0.2) is 0 Å². The fourth-order valence-electron chi connectivity index (χ4n) is 1.41. The molecule has 0 aliphatic carbocycles. The summed E-state index contributed by atoms with van der Waals surface area (Å²) in [4.78, 5) is 0. The van der Waals surface area contributed by atoms with Gasteiger partial charge in [-0.1, -0.05) is 13.0 Å². The molecule has 2 N–H and O–H groups in total. The largest absolute Gasteiger partial charge is 0.496 e. The number of rotatable bonds is 3. The highest BCUT2D eigenvalue weighted by atomic mass is 35.5. The van der Waals surface area contributed by atoms with Gasteiger partial charge in [0.1, 0.15) is 5.75 Å². The Morgan fingerprint density at radius 3 is 2.35 bits per heavy atom. The average molecular weight is 270 g/mol. The number of hydrogen-bond acceptors (Lipinski definition) is 2. The first-order valence-electron chi connectivity index (χ1n) is 4.90. The van der Waals surface area contributed by atoms with Crippen molar-refractivity contribution in [1.29, 1.82) is 0 Å². The van der Waals surface area contributed by atoms with Gasteiger partial charge in [0.25, 0.3) is 0 Å². The zero-order chi connectivity index (χ0) is 12.3. The Balaban J connectivity index is 0.00000256. The maximum Gasteiger partial charge on any atom is 0.416 e. The van der Waals surface area contributed by atoms with Crippen LogP contribution in [0.5, 0.6) is 5.75 Å². The number of alkyl halides is 3. The molecule has 0 aromatic heterocycles. The van der Waals surface area contributed by atoms with Gasteiger partial charge in [0, 0.05) is 11.6 Å². The molecule has 17 heavy (non-hydrogen) atoms. The van der Waals surface area contributed by atoms with E-state index in [9.17, 15) is 13.2 Å². The van der Waals surface area contributed by atoms with Crippen molar-refractivity contribution in [3.8, 4) is 5.75 Å². The molecule has 98 valence electrons. The normalized spacial score (nSPS) is 12.8. The Kier molecular flexibility index (Phi) is 5.78. The highest BCUT2D eigenvalue weighted by Gasteiger charge is 2.31. The second-order valence-corrected chi connectivity index (χ2v) is 3.47. The zero-order valence-corrected chi connectivity index (χ0v) is 10.4. The Morgan fingerprint density at radius 2 is 1.94 bits per heavy atom. The fraction of sp³-hybridized carbons (Fsp3) is 0.455. The molecule has 0 spiro atoms. The van der Waals surface area contributed by atoms with Crippen LogP contribution < -0.4 is 10.5 Å². The van der Waals surface area contributed by atoms with E-state index in [1.54, 1.807) is 0 Å². The molecule has 2 nitrogen and oxygen atoms in total. The second kappa shape index (κ2) is 6.12. The molecule has 0 unspecified atom stereocenters. The number of halogens is 4. The summed E-state index contributed by atoms with van der Waals surface area (Å²) >= 11 is 0. The van der Waals surface area contributed by atoms with Gasteiger partial charge in [-0.3, -0.25) is 0 Å². The summed E-state index contributed by atoms with van der Waals surface area (Å²) in [5.41, 5.74) is 5.64. The van der Waals surface area contributed by atoms with E-state index < -0.39 is 11.7 Å². The number of benzene rings is 1. The van der Waals surface area contributed by atoms with E-state index in [4.69, 9.17) is 10.5 Å². The van der Waals surface area contributed by atoms with Gasteiger partial charge in [0.2, 0.25) is 0 Å². The molecule has 1 aromatic carbocycles. The third-order valence-corrected chi connectivity index (χ3v) is 2.40. The van der Waals surface area contributed by atoms with Crippen molar-refractivity contribution in [2.75, 3.05) is 7.11 Å². The summed E-state index contributed by atoms with van der Waals surface area (Å²) in [6, 6.07) is 3.06. The summed E-state index contributed by atoms with van der Waals surface area (Å²) in [6.45, 7) is 1.86. The molecular formula is C11H15ClF3NO. The van der Waals surface area contributed by atoms with Gasteiger partial charge >= 0.3 is 6.18 Å². The number of methoxy groups -OCH3 is 1. The minimum absolute atomic E-state index is 0. The van der Waals surface area contributed by atoms with Crippen LogP contribution in [0.1, 0.15) is 30.5 Å². The van der Waals surface area contributed by atoms with Crippen LogP contribution >= 0.6 is 12.4 Å². The molecule has 0 radical (unpaired) electrons. The van der Waals surface area contributed by atoms with Crippen LogP contribution in [0.25, 0.3) is 0 Å². The molecule has 1 rings (SSSR count).